The highest BCUT2D eigenvalue weighted by molar-refractivity contribution is 9.10. The lowest BCUT2D eigenvalue weighted by molar-refractivity contribution is 0.649. The van der Waals surface area contributed by atoms with Crippen molar-refractivity contribution in [2.75, 3.05) is 0 Å². The highest BCUT2D eigenvalue weighted by Crippen LogP contribution is 2.26. The molecule has 1 unspecified atom stereocenters. The molecule has 0 saturated carbocycles. The summed E-state index contributed by atoms with van der Waals surface area (Å²) in [5.41, 5.74) is 10.1. The van der Waals surface area contributed by atoms with E-state index in [4.69, 9.17) is 5.73 Å². The quantitative estimate of drug-likeness (QED) is 0.887. The van der Waals surface area contributed by atoms with Crippen LogP contribution in [0.3, 0.4) is 0 Å². The largest absolute Gasteiger partial charge is 0.324 e. The first kappa shape index (κ1) is 12.8. The smallest absolute Gasteiger partial charge is 0.0309 e. The van der Waals surface area contributed by atoms with Crippen molar-refractivity contribution in [1.82, 2.24) is 0 Å². The van der Waals surface area contributed by atoms with E-state index in [-0.39, 0.29) is 6.04 Å². The first-order chi connectivity index (χ1) is 8.16. The van der Waals surface area contributed by atoms with Crippen LogP contribution in [0.25, 0.3) is 0 Å². The molecule has 2 N–H and O–H groups in total. The molecule has 17 heavy (non-hydrogen) atoms. The molecular weight excluding hydrogens is 294 g/mol. The molecule has 2 aromatic rings. The van der Waals surface area contributed by atoms with Crippen LogP contribution < -0.4 is 5.73 Å². The second-order valence-electron chi connectivity index (χ2n) is 4.30. The predicted molar refractivity (Wildman–Crippen MR) is 78.4 cm³/mol. The summed E-state index contributed by atoms with van der Waals surface area (Å²) in [5, 5.41) is 4.31. The van der Waals surface area contributed by atoms with Gasteiger partial charge in [-0.25, -0.2) is 0 Å². The molecule has 1 heterocycles. The van der Waals surface area contributed by atoms with Crippen molar-refractivity contribution >= 4 is 27.3 Å². The van der Waals surface area contributed by atoms with Crippen LogP contribution in [0.2, 0.25) is 0 Å². The standard InChI is InChI=1S/C14H16BrNS/c1-10-2-4-12(13(15)8-10)14(16)5-3-11-6-7-17-9-11/h2,4,6-9,14H,3,5,16H2,1H3. The molecule has 1 aromatic carbocycles. The fraction of sp³-hybridized carbons (Fsp3) is 0.286. The average Bonchev–Trinajstić information content (AvgIpc) is 2.78. The highest BCUT2D eigenvalue weighted by atomic mass is 79.9. The van der Waals surface area contributed by atoms with Gasteiger partial charge in [0.25, 0.3) is 0 Å². The Bertz CT molecular complexity index is 479. The van der Waals surface area contributed by atoms with Gasteiger partial charge in [0.2, 0.25) is 0 Å². The molecule has 2 rings (SSSR count). The van der Waals surface area contributed by atoms with E-state index in [1.165, 1.54) is 16.7 Å². The number of aryl methyl sites for hydroxylation is 2. The molecule has 0 spiro atoms. The molecule has 1 nitrogen and oxygen atoms in total. The van der Waals surface area contributed by atoms with Gasteiger partial charge in [-0.3, -0.25) is 0 Å². The Kier molecular flexibility index (Phi) is 4.37. The molecule has 0 saturated heterocycles. The lowest BCUT2D eigenvalue weighted by Crippen LogP contribution is -2.12. The molecule has 0 bridgehead atoms. The maximum atomic E-state index is 6.24. The third kappa shape index (κ3) is 3.41. The number of nitrogens with two attached hydrogens (primary N) is 1. The van der Waals surface area contributed by atoms with Crippen LogP contribution in [-0.4, -0.2) is 0 Å². The van der Waals surface area contributed by atoms with Crippen LogP contribution in [0, 0.1) is 6.92 Å². The van der Waals surface area contributed by atoms with E-state index in [9.17, 15) is 0 Å². The van der Waals surface area contributed by atoms with E-state index in [0.29, 0.717) is 0 Å². The zero-order valence-electron chi connectivity index (χ0n) is 9.82. The van der Waals surface area contributed by atoms with Crippen LogP contribution in [-0.2, 0) is 6.42 Å². The highest BCUT2D eigenvalue weighted by Gasteiger charge is 2.10. The van der Waals surface area contributed by atoms with Gasteiger partial charge in [-0.2, -0.15) is 11.3 Å². The molecule has 1 atom stereocenters. The van der Waals surface area contributed by atoms with Crippen LogP contribution in [0.15, 0.2) is 39.5 Å². The topological polar surface area (TPSA) is 26.0 Å². The fourth-order valence-corrected chi connectivity index (χ4v) is 3.34. The second-order valence-corrected chi connectivity index (χ2v) is 5.94. The minimum absolute atomic E-state index is 0.102. The summed E-state index contributed by atoms with van der Waals surface area (Å²) in [6, 6.07) is 8.63. The summed E-state index contributed by atoms with van der Waals surface area (Å²) >= 11 is 5.33. The summed E-state index contributed by atoms with van der Waals surface area (Å²) in [6.45, 7) is 2.09. The van der Waals surface area contributed by atoms with Crippen LogP contribution in [0.5, 0.6) is 0 Å². The van der Waals surface area contributed by atoms with Crippen molar-refractivity contribution in [3.8, 4) is 0 Å². The van der Waals surface area contributed by atoms with Crippen molar-refractivity contribution in [3.05, 3.63) is 56.2 Å². The van der Waals surface area contributed by atoms with Gasteiger partial charge in [-0.1, -0.05) is 28.1 Å². The van der Waals surface area contributed by atoms with Gasteiger partial charge in [-0.05, 0) is 59.3 Å². The Balaban J connectivity index is 2.01. The zero-order chi connectivity index (χ0) is 12.3. The lowest BCUT2D eigenvalue weighted by Gasteiger charge is -2.14. The fourth-order valence-electron chi connectivity index (χ4n) is 1.85. The Morgan fingerprint density at radius 3 is 2.82 bits per heavy atom. The van der Waals surface area contributed by atoms with Gasteiger partial charge in [0.15, 0.2) is 0 Å². The van der Waals surface area contributed by atoms with E-state index in [0.717, 1.165) is 17.3 Å². The first-order valence-corrected chi connectivity index (χ1v) is 7.43. The van der Waals surface area contributed by atoms with E-state index in [1.54, 1.807) is 11.3 Å². The number of hydrogen-bond acceptors (Lipinski definition) is 2. The third-order valence-corrected chi connectivity index (χ3v) is 4.30. The first-order valence-electron chi connectivity index (χ1n) is 5.69. The van der Waals surface area contributed by atoms with Crippen molar-refractivity contribution in [3.63, 3.8) is 0 Å². The van der Waals surface area contributed by atoms with Gasteiger partial charge in [0.05, 0.1) is 0 Å². The van der Waals surface area contributed by atoms with Crippen molar-refractivity contribution in [1.29, 1.82) is 0 Å². The summed E-state index contributed by atoms with van der Waals surface area (Å²) in [4.78, 5) is 0. The molecule has 0 fully saturated rings. The molecular formula is C14H16BrNS. The van der Waals surface area contributed by atoms with E-state index < -0.39 is 0 Å². The van der Waals surface area contributed by atoms with E-state index in [2.05, 4.69) is 57.9 Å². The van der Waals surface area contributed by atoms with Crippen molar-refractivity contribution in [2.45, 2.75) is 25.8 Å². The van der Waals surface area contributed by atoms with Crippen molar-refractivity contribution in [2.24, 2.45) is 5.73 Å². The minimum Gasteiger partial charge on any atom is -0.324 e. The van der Waals surface area contributed by atoms with Gasteiger partial charge in [0, 0.05) is 10.5 Å². The maximum Gasteiger partial charge on any atom is 0.0309 e. The van der Waals surface area contributed by atoms with Crippen LogP contribution >= 0.6 is 27.3 Å². The average molecular weight is 310 g/mol. The Hall–Kier alpha value is -0.640. The van der Waals surface area contributed by atoms with Crippen LogP contribution in [0.4, 0.5) is 0 Å². The van der Waals surface area contributed by atoms with Gasteiger partial charge in [0.1, 0.15) is 0 Å². The van der Waals surface area contributed by atoms with Gasteiger partial charge >= 0.3 is 0 Å². The predicted octanol–water partition coefficient (Wildman–Crippen LogP) is 4.45. The molecule has 0 aliphatic rings. The Labute approximate surface area is 115 Å². The normalized spacial score (nSPS) is 12.6. The number of hydrogen-bond donors (Lipinski definition) is 1. The molecule has 0 amide bonds. The van der Waals surface area contributed by atoms with Crippen molar-refractivity contribution < 1.29 is 0 Å². The summed E-state index contributed by atoms with van der Waals surface area (Å²) in [5.74, 6) is 0. The minimum atomic E-state index is 0.102. The number of halogens is 1. The molecule has 3 heteroatoms. The third-order valence-electron chi connectivity index (χ3n) is 2.88. The zero-order valence-corrected chi connectivity index (χ0v) is 12.2. The monoisotopic (exact) mass is 309 g/mol. The number of thiophene rings is 1. The van der Waals surface area contributed by atoms with Crippen LogP contribution in [0.1, 0.15) is 29.2 Å². The summed E-state index contributed by atoms with van der Waals surface area (Å²) < 4.78 is 1.12. The van der Waals surface area contributed by atoms with E-state index >= 15 is 0 Å². The number of benzene rings is 1. The molecule has 0 radical (unpaired) electrons. The van der Waals surface area contributed by atoms with Gasteiger partial charge in [-0.15, -0.1) is 0 Å². The summed E-state index contributed by atoms with van der Waals surface area (Å²) in [7, 11) is 0. The Morgan fingerprint density at radius 1 is 1.35 bits per heavy atom. The second kappa shape index (κ2) is 5.80. The summed E-state index contributed by atoms with van der Waals surface area (Å²) in [6.07, 6.45) is 2.03. The molecule has 1 aromatic heterocycles. The number of rotatable bonds is 4. The molecule has 0 aliphatic carbocycles. The van der Waals surface area contributed by atoms with Gasteiger partial charge < -0.3 is 5.73 Å². The SMILES string of the molecule is Cc1ccc(C(N)CCc2ccsc2)c(Br)c1. The molecule has 90 valence electrons. The Morgan fingerprint density at radius 2 is 2.18 bits per heavy atom. The maximum absolute atomic E-state index is 6.24. The van der Waals surface area contributed by atoms with E-state index in [1.807, 2.05) is 0 Å². The lowest BCUT2D eigenvalue weighted by atomic mass is 10.00. The molecule has 0 aliphatic heterocycles.